The Morgan fingerprint density at radius 3 is 2.85 bits per heavy atom. The summed E-state index contributed by atoms with van der Waals surface area (Å²) in [5.74, 6) is 0.496. The summed E-state index contributed by atoms with van der Waals surface area (Å²) >= 11 is 1.52. The molecule has 1 rings (SSSR count). The second-order valence-electron chi connectivity index (χ2n) is 4.73. The van der Waals surface area contributed by atoms with Gasteiger partial charge in [-0.25, -0.2) is 4.79 Å². The molecule has 0 radical (unpaired) electrons. The van der Waals surface area contributed by atoms with Crippen LogP contribution in [0.1, 0.15) is 19.8 Å². The molecule has 20 heavy (non-hydrogen) atoms. The Bertz CT molecular complexity index is 385. The van der Waals surface area contributed by atoms with Gasteiger partial charge in [-0.2, -0.15) is 11.8 Å². The van der Waals surface area contributed by atoms with E-state index >= 15 is 0 Å². The lowest BCUT2D eigenvalue weighted by Gasteiger charge is -2.24. The van der Waals surface area contributed by atoms with Crippen molar-refractivity contribution >= 4 is 29.5 Å². The summed E-state index contributed by atoms with van der Waals surface area (Å²) < 4.78 is 0. The van der Waals surface area contributed by atoms with Gasteiger partial charge in [0, 0.05) is 24.6 Å². The van der Waals surface area contributed by atoms with Gasteiger partial charge in [0.05, 0.1) is 11.9 Å². The monoisotopic (exact) mass is 302 g/mol. The summed E-state index contributed by atoms with van der Waals surface area (Å²) in [6.45, 7) is 2.79. The van der Waals surface area contributed by atoms with Crippen LogP contribution >= 0.6 is 11.8 Å². The molecule has 8 heteroatoms. The van der Waals surface area contributed by atoms with Crippen LogP contribution in [0.4, 0.5) is 0 Å². The maximum absolute atomic E-state index is 12.1. The molecule has 1 amide bonds. The van der Waals surface area contributed by atoms with E-state index in [-0.39, 0.29) is 5.91 Å². The Balaban J connectivity index is 2.35. The van der Waals surface area contributed by atoms with E-state index in [9.17, 15) is 9.59 Å². The average molecular weight is 302 g/mol. The Labute approximate surface area is 122 Å². The summed E-state index contributed by atoms with van der Waals surface area (Å²) in [6, 6.07) is -1.38. The summed E-state index contributed by atoms with van der Waals surface area (Å²) in [5, 5.41) is 9.05. The number of hydrogen-bond donors (Lipinski definition) is 3. The highest BCUT2D eigenvalue weighted by atomic mass is 32.2. The maximum Gasteiger partial charge on any atom is 0.326 e. The van der Waals surface area contributed by atoms with Crippen molar-refractivity contribution in [2.45, 2.75) is 31.8 Å². The Hall–Kier alpha value is -1.28. The molecular formula is C12H22N4O3S. The fourth-order valence-corrected chi connectivity index (χ4v) is 2.85. The van der Waals surface area contributed by atoms with E-state index in [1.54, 1.807) is 6.92 Å². The lowest BCUT2D eigenvalue weighted by molar-refractivity contribution is -0.148. The van der Waals surface area contributed by atoms with Crippen molar-refractivity contribution in [3.63, 3.8) is 0 Å². The first-order valence-electron chi connectivity index (χ1n) is 6.56. The minimum atomic E-state index is -0.955. The first kappa shape index (κ1) is 16.8. The third kappa shape index (κ3) is 5.01. The van der Waals surface area contributed by atoms with Gasteiger partial charge in [-0.3, -0.25) is 9.79 Å². The zero-order valence-corrected chi connectivity index (χ0v) is 12.4. The van der Waals surface area contributed by atoms with Crippen LogP contribution in [0.3, 0.4) is 0 Å². The molecule has 0 aliphatic carbocycles. The number of aliphatic carboxylic acids is 1. The van der Waals surface area contributed by atoms with Gasteiger partial charge in [-0.15, -0.1) is 0 Å². The van der Waals surface area contributed by atoms with E-state index < -0.39 is 18.1 Å². The molecule has 0 saturated carbocycles. The van der Waals surface area contributed by atoms with E-state index in [4.69, 9.17) is 16.6 Å². The molecule has 0 spiro atoms. The van der Waals surface area contributed by atoms with Gasteiger partial charge in [-0.1, -0.05) is 0 Å². The molecule has 1 fully saturated rings. The topological polar surface area (TPSA) is 122 Å². The summed E-state index contributed by atoms with van der Waals surface area (Å²) in [5.41, 5.74) is 11.2. The van der Waals surface area contributed by atoms with E-state index in [2.05, 4.69) is 4.99 Å². The number of carboxylic acids is 1. The van der Waals surface area contributed by atoms with Gasteiger partial charge < -0.3 is 21.5 Å². The largest absolute Gasteiger partial charge is 0.480 e. The third-order valence-corrected chi connectivity index (χ3v) is 4.10. The van der Waals surface area contributed by atoms with Gasteiger partial charge >= 0.3 is 5.97 Å². The molecule has 1 aliphatic heterocycles. The number of rotatable bonds is 7. The average Bonchev–Trinajstić information content (AvgIpc) is 2.86. The number of amidine groups is 1. The molecule has 1 saturated heterocycles. The van der Waals surface area contributed by atoms with Gasteiger partial charge in [0.15, 0.2) is 0 Å². The van der Waals surface area contributed by atoms with Crippen molar-refractivity contribution < 1.29 is 14.7 Å². The van der Waals surface area contributed by atoms with Crippen molar-refractivity contribution in [3.8, 4) is 0 Å². The SMILES string of the molecule is CC(N)=NCCSC[C@H](N)C(=O)N1CCC[C@H]1C(=O)O. The molecule has 114 valence electrons. The quantitative estimate of drug-likeness (QED) is 0.331. The molecule has 1 aliphatic rings. The number of nitrogens with zero attached hydrogens (tertiary/aromatic N) is 2. The van der Waals surface area contributed by atoms with Crippen LogP contribution < -0.4 is 11.5 Å². The van der Waals surface area contributed by atoms with Crippen molar-refractivity contribution in [2.75, 3.05) is 24.6 Å². The second-order valence-corrected chi connectivity index (χ2v) is 5.88. The van der Waals surface area contributed by atoms with E-state index in [1.807, 2.05) is 0 Å². The normalized spacial score (nSPS) is 21.0. The number of amides is 1. The predicted molar refractivity (Wildman–Crippen MR) is 79.8 cm³/mol. The fourth-order valence-electron chi connectivity index (χ4n) is 2.07. The van der Waals surface area contributed by atoms with Crippen LogP contribution in [-0.4, -0.2) is 64.4 Å². The van der Waals surface area contributed by atoms with E-state index in [0.29, 0.717) is 37.5 Å². The number of nitrogens with two attached hydrogens (primary N) is 2. The van der Waals surface area contributed by atoms with Crippen molar-refractivity contribution in [3.05, 3.63) is 0 Å². The van der Waals surface area contributed by atoms with Gasteiger partial charge in [0.1, 0.15) is 6.04 Å². The van der Waals surface area contributed by atoms with Crippen LogP contribution in [0.2, 0.25) is 0 Å². The van der Waals surface area contributed by atoms with Crippen molar-refractivity contribution in [1.29, 1.82) is 0 Å². The van der Waals surface area contributed by atoms with Crippen LogP contribution in [0.15, 0.2) is 4.99 Å². The van der Waals surface area contributed by atoms with Crippen LogP contribution in [0.5, 0.6) is 0 Å². The van der Waals surface area contributed by atoms with Crippen molar-refractivity contribution in [1.82, 2.24) is 4.90 Å². The highest BCUT2D eigenvalue weighted by Crippen LogP contribution is 2.18. The number of likely N-dealkylation sites (tertiary alicyclic amines) is 1. The molecule has 7 nitrogen and oxygen atoms in total. The molecular weight excluding hydrogens is 280 g/mol. The minimum Gasteiger partial charge on any atom is -0.480 e. The van der Waals surface area contributed by atoms with E-state index in [1.165, 1.54) is 16.7 Å². The zero-order valence-electron chi connectivity index (χ0n) is 11.6. The molecule has 0 aromatic heterocycles. The molecule has 2 atom stereocenters. The summed E-state index contributed by atoms with van der Waals surface area (Å²) in [4.78, 5) is 28.6. The fraction of sp³-hybridized carbons (Fsp3) is 0.750. The first-order chi connectivity index (χ1) is 9.43. The number of hydrogen-bond acceptors (Lipinski definition) is 5. The number of carbonyl (C=O) groups is 2. The standard InChI is InChI=1S/C12H22N4O3S/c1-8(13)15-4-6-20-7-9(14)11(17)16-5-2-3-10(16)12(18)19/h9-10H,2-7,14H2,1H3,(H2,13,15)(H,18,19)/t9-,10-/m0/s1. The summed E-state index contributed by atoms with van der Waals surface area (Å²) in [6.07, 6.45) is 1.22. The molecule has 0 bridgehead atoms. The highest BCUT2D eigenvalue weighted by molar-refractivity contribution is 7.99. The molecule has 0 aromatic rings. The molecule has 5 N–H and O–H groups in total. The van der Waals surface area contributed by atoms with Crippen LogP contribution in [0.25, 0.3) is 0 Å². The minimum absolute atomic E-state index is 0.277. The Morgan fingerprint density at radius 2 is 2.25 bits per heavy atom. The number of thioether (sulfide) groups is 1. The van der Waals surface area contributed by atoms with Crippen LogP contribution in [0, 0.1) is 0 Å². The molecule has 1 heterocycles. The lowest BCUT2D eigenvalue weighted by atomic mass is 10.2. The highest BCUT2D eigenvalue weighted by Gasteiger charge is 2.35. The molecule has 0 aromatic carbocycles. The number of carboxylic acid groups (broad SMARTS) is 1. The van der Waals surface area contributed by atoms with Gasteiger partial charge in [0.2, 0.25) is 5.91 Å². The Morgan fingerprint density at radius 1 is 1.55 bits per heavy atom. The van der Waals surface area contributed by atoms with Crippen molar-refractivity contribution in [2.24, 2.45) is 16.5 Å². The smallest absolute Gasteiger partial charge is 0.326 e. The third-order valence-electron chi connectivity index (χ3n) is 3.03. The second kappa shape index (κ2) is 8.11. The molecule has 0 unspecified atom stereocenters. The van der Waals surface area contributed by atoms with E-state index in [0.717, 1.165) is 5.75 Å². The Kier molecular flexibility index (Phi) is 6.80. The number of carbonyl (C=O) groups excluding carboxylic acids is 1. The first-order valence-corrected chi connectivity index (χ1v) is 7.72. The van der Waals surface area contributed by atoms with Crippen LogP contribution in [-0.2, 0) is 9.59 Å². The zero-order chi connectivity index (χ0) is 15.1. The lowest BCUT2D eigenvalue weighted by Crippen LogP contribution is -2.49. The number of aliphatic imine (C=N–C) groups is 1. The maximum atomic E-state index is 12.1. The summed E-state index contributed by atoms with van der Waals surface area (Å²) in [7, 11) is 0. The van der Waals surface area contributed by atoms with Gasteiger partial charge in [-0.05, 0) is 19.8 Å². The van der Waals surface area contributed by atoms with Gasteiger partial charge in [0.25, 0.3) is 0 Å². The predicted octanol–water partition coefficient (Wildman–Crippen LogP) is -0.500.